The van der Waals surface area contributed by atoms with Crippen LogP contribution in [0.4, 0.5) is 0 Å². The fourth-order valence-electron chi connectivity index (χ4n) is 3.20. The van der Waals surface area contributed by atoms with Crippen LogP contribution in [0.2, 0.25) is 0 Å². The zero-order valence-corrected chi connectivity index (χ0v) is 14.8. The summed E-state index contributed by atoms with van der Waals surface area (Å²) < 4.78 is 2.19. The van der Waals surface area contributed by atoms with E-state index in [1.54, 1.807) is 0 Å². The van der Waals surface area contributed by atoms with Crippen molar-refractivity contribution in [3.8, 4) is 28.2 Å². The molecule has 1 aromatic heterocycles. The molecular weight excluding hydrogens is 318 g/mol. The van der Waals surface area contributed by atoms with Crippen molar-refractivity contribution >= 4 is 0 Å². The van der Waals surface area contributed by atoms with Gasteiger partial charge in [0.1, 0.15) is 5.82 Å². The summed E-state index contributed by atoms with van der Waals surface area (Å²) in [6.07, 6.45) is 1.93. The molecule has 0 fully saturated rings. The van der Waals surface area contributed by atoms with Gasteiger partial charge in [0.15, 0.2) is 5.82 Å². The molecule has 0 spiro atoms. The Morgan fingerprint density at radius 2 is 1.35 bits per heavy atom. The second-order valence-electron chi connectivity index (χ2n) is 6.31. The molecule has 0 atom stereocenters. The summed E-state index contributed by atoms with van der Waals surface area (Å²) in [5.74, 6) is 1.89. The van der Waals surface area contributed by atoms with Crippen molar-refractivity contribution in [1.29, 1.82) is 0 Å². The Bertz CT molecular complexity index is 988. The van der Waals surface area contributed by atoms with Crippen molar-refractivity contribution in [1.82, 2.24) is 14.8 Å². The minimum atomic E-state index is 0.888. The summed E-state index contributed by atoms with van der Waals surface area (Å²) in [4.78, 5) is 0. The largest absolute Gasteiger partial charge is 0.279 e. The first-order valence-corrected chi connectivity index (χ1v) is 9.02. The van der Waals surface area contributed by atoms with E-state index in [1.807, 2.05) is 24.3 Å². The molecule has 3 aromatic carbocycles. The molecule has 0 unspecified atom stereocenters. The fraction of sp³-hybridized carbons (Fsp3) is 0.130. The number of benzene rings is 3. The van der Waals surface area contributed by atoms with Crippen molar-refractivity contribution in [3.63, 3.8) is 0 Å². The summed E-state index contributed by atoms with van der Waals surface area (Å²) in [6.45, 7) is 2.17. The molecule has 0 amide bonds. The first-order chi connectivity index (χ1) is 12.9. The summed E-state index contributed by atoms with van der Waals surface area (Å²) in [5.41, 5.74) is 4.57. The van der Waals surface area contributed by atoms with Gasteiger partial charge in [0.2, 0.25) is 0 Å². The lowest BCUT2D eigenvalue weighted by atomic mass is 10.0. The van der Waals surface area contributed by atoms with Crippen LogP contribution in [-0.4, -0.2) is 14.8 Å². The van der Waals surface area contributed by atoms with Crippen LogP contribution in [-0.2, 0) is 6.42 Å². The summed E-state index contributed by atoms with van der Waals surface area (Å²) >= 11 is 0. The van der Waals surface area contributed by atoms with Crippen molar-refractivity contribution < 1.29 is 0 Å². The van der Waals surface area contributed by atoms with Crippen molar-refractivity contribution in [2.24, 2.45) is 0 Å². The van der Waals surface area contributed by atoms with Crippen LogP contribution in [0.5, 0.6) is 0 Å². The molecule has 0 bridgehead atoms. The zero-order chi connectivity index (χ0) is 17.8. The van der Waals surface area contributed by atoms with E-state index in [0.29, 0.717) is 0 Å². The first-order valence-electron chi connectivity index (χ1n) is 9.02. The third kappa shape index (κ3) is 3.16. The van der Waals surface area contributed by atoms with E-state index in [9.17, 15) is 0 Å². The lowest BCUT2D eigenvalue weighted by Gasteiger charge is -2.12. The van der Waals surface area contributed by atoms with E-state index in [-0.39, 0.29) is 0 Å². The van der Waals surface area contributed by atoms with Crippen LogP contribution >= 0.6 is 0 Å². The number of nitrogens with zero attached hydrogens (tertiary/aromatic N) is 3. The number of aromatic nitrogens is 3. The van der Waals surface area contributed by atoms with Crippen LogP contribution in [0.1, 0.15) is 19.2 Å². The average molecular weight is 339 g/mol. The highest BCUT2D eigenvalue weighted by Gasteiger charge is 2.15. The van der Waals surface area contributed by atoms with Crippen LogP contribution in [0.15, 0.2) is 84.9 Å². The van der Waals surface area contributed by atoms with E-state index in [2.05, 4.69) is 82.4 Å². The zero-order valence-electron chi connectivity index (χ0n) is 14.8. The standard InChI is InChI=1S/C23H21N3/c1-2-10-22-24-25-23(19-13-7-4-8-14-19)26(22)21-16-9-15-20(17-21)18-11-5-3-6-12-18/h3-9,11-17H,2,10H2,1H3. The molecule has 0 radical (unpaired) electrons. The predicted molar refractivity (Wildman–Crippen MR) is 106 cm³/mol. The second-order valence-corrected chi connectivity index (χ2v) is 6.31. The normalized spacial score (nSPS) is 10.8. The minimum Gasteiger partial charge on any atom is -0.279 e. The van der Waals surface area contributed by atoms with Gasteiger partial charge in [-0.3, -0.25) is 4.57 Å². The Morgan fingerprint density at radius 3 is 2.04 bits per heavy atom. The molecule has 0 saturated carbocycles. The van der Waals surface area contributed by atoms with Gasteiger partial charge in [0, 0.05) is 17.7 Å². The molecule has 26 heavy (non-hydrogen) atoms. The summed E-state index contributed by atoms with van der Waals surface area (Å²) in [7, 11) is 0. The van der Waals surface area contributed by atoms with Crippen molar-refractivity contribution in [2.75, 3.05) is 0 Å². The quantitative estimate of drug-likeness (QED) is 0.477. The molecule has 4 aromatic rings. The van der Waals surface area contributed by atoms with E-state index >= 15 is 0 Å². The molecule has 0 N–H and O–H groups in total. The van der Waals surface area contributed by atoms with E-state index in [1.165, 1.54) is 11.1 Å². The summed E-state index contributed by atoms with van der Waals surface area (Å²) in [6, 6.07) is 29.3. The monoisotopic (exact) mass is 339 g/mol. The van der Waals surface area contributed by atoms with Crippen LogP contribution in [0.3, 0.4) is 0 Å². The molecule has 1 heterocycles. The van der Waals surface area contributed by atoms with Crippen LogP contribution < -0.4 is 0 Å². The lowest BCUT2D eigenvalue weighted by Crippen LogP contribution is -2.03. The van der Waals surface area contributed by atoms with Gasteiger partial charge < -0.3 is 0 Å². The molecule has 128 valence electrons. The SMILES string of the molecule is CCCc1nnc(-c2ccccc2)n1-c1cccc(-c2ccccc2)c1. The highest BCUT2D eigenvalue weighted by molar-refractivity contribution is 5.67. The molecule has 0 aliphatic heterocycles. The van der Waals surface area contributed by atoms with Gasteiger partial charge in [0.05, 0.1) is 0 Å². The summed E-state index contributed by atoms with van der Waals surface area (Å²) in [5, 5.41) is 8.97. The molecule has 3 heteroatoms. The lowest BCUT2D eigenvalue weighted by molar-refractivity contribution is 0.804. The maximum absolute atomic E-state index is 4.50. The van der Waals surface area contributed by atoms with Gasteiger partial charge in [-0.05, 0) is 29.7 Å². The fourth-order valence-corrected chi connectivity index (χ4v) is 3.20. The van der Waals surface area contributed by atoms with Gasteiger partial charge in [-0.1, -0.05) is 79.7 Å². The highest BCUT2D eigenvalue weighted by Crippen LogP contribution is 2.27. The van der Waals surface area contributed by atoms with Crippen LogP contribution in [0.25, 0.3) is 28.2 Å². The third-order valence-electron chi connectivity index (χ3n) is 4.45. The van der Waals surface area contributed by atoms with Gasteiger partial charge in [-0.2, -0.15) is 0 Å². The molecule has 3 nitrogen and oxygen atoms in total. The van der Waals surface area contributed by atoms with E-state index in [4.69, 9.17) is 0 Å². The predicted octanol–water partition coefficient (Wildman–Crippen LogP) is 5.55. The molecular formula is C23H21N3. The number of rotatable bonds is 5. The average Bonchev–Trinajstić information content (AvgIpc) is 3.13. The second kappa shape index (κ2) is 7.36. The number of aryl methyl sites for hydroxylation is 1. The first kappa shape index (κ1) is 16.3. The van der Waals surface area contributed by atoms with Gasteiger partial charge in [-0.15, -0.1) is 10.2 Å². The van der Waals surface area contributed by atoms with Gasteiger partial charge >= 0.3 is 0 Å². The molecule has 0 aliphatic rings. The Kier molecular flexibility index (Phi) is 4.61. The van der Waals surface area contributed by atoms with Gasteiger partial charge in [0.25, 0.3) is 0 Å². The Hall–Kier alpha value is -3.20. The Labute approximate surface area is 154 Å². The number of hydrogen-bond donors (Lipinski definition) is 0. The molecule has 0 saturated heterocycles. The third-order valence-corrected chi connectivity index (χ3v) is 4.45. The minimum absolute atomic E-state index is 0.888. The maximum Gasteiger partial charge on any atom is 0.168 e. The van der Waals surface area contributed by atoms with E-state index < -0.39 is 0 Å². The number of hydrogen-bond acceptors (Lipinski definition) is 2. The molecule has 0 aliphatic carbocycles. The Morgan fingerprint density at radius 1 is 0.692 bits per heavy atom. The topological polar surface area (TPSA) is 30.7 Å². The van der Waals surface area contributed by atoms with E-state index in [0.717, 1.165) is 35.7 Å². The highest BCUT2D eigenvalue weighted by atomic mass is 15.3. The van der Waals surface area contributed by atoms with Crippen molar-refractivity contribution in [2.45, 2.75) is 19.8 Å². The Balaban J connectivity index is 1.86. The molecule has 4 rings (SSSR count). The van der Waals surface area contributed by atoms with Crippen molar-refractivity contribution in [3.05, 3.63) is 90.8 Å². The van der Waals surface area contributed by atoms with Gasteiger partial charge in [-0.25, -0.2) is 0 Å². The smallest absolute Gasteiger partial charge is 0.168 e. The maximum atomic E-state index is 4.50. The van der Waals surface area contributed by atoms with Crippen LogP contribution in [0, 0.1) is 0 Å².